The summed E-state index contributed by atoms with van der Waals surface area (Å²) in [4.78, 5) is 36.9. The van der Waals surface area contributed by atoms with Crippen LogP contribution in [0.25, 0.3) is 22.3 Å². The number of fused-ring (bicyclic) bond motifs is 3. The molecule has 2 heterocycles. The van der Waals surface area contributed by atoms with E-state index in [9.17, 15) is 24.6 Å². The van der Waals surface area contributed by atoms with Crippen molar-refractivity contribution in [3.05, 3.63) is 75.9 Å². The maximum atomic E-state index is 13.1. The number of hydrogen-bond acceptors (Lipinski definition) is 9. The highest BCUT2D eigenvalue weighted by molar-refractivity contribution is 5.96. The van der Waals surface area contributed by atoms with Crippen LogP contribution in [0.3, 0.4) is 0 Å². The molecule has 37 heavy (non-hydrogen) atoms. The van der Waals surface area contributed by atoms with Crippen molar-refractivity contribution >= 4 is 22.8 Å². The number of nitrogens with two attached hydrogens (primary N) is 1. The van der Waals surface area contributed by atoms with Crippen LogP contribution in [-0.4, -0.2) is 35.8 Å². The fourth-order valence-electron chi connectivity index (χ4n) is 4.41. The summed E-state index contributed by atoms with van der Waals surface area (Å²) in [6, 6.07) is 14.9. The van der Waals surface area contributed by atoms with Crippen molar-refractivity contribution in [2.75, 3.05) is 13.7 Å². The van der Waals surface area contributed by atoms with Crippen LogP contribution in [0.2, 0.25) is 0 Å². The highest BCUT2D eigenvalue weighted by Crippen LogP contribution is 2.52. The lowest BCUT2D eigenvalue weighted by Crippen LogP contribution is -2.22. The molecule has 0 spiro atoms. The van der Waals surface area contributed by atoms with Crippen LogP contribution in [-0.2, 0) is 9.59 Å². The van der Waals surface area contributed by atoms with Crippen LogP contribution in [0, 0.1) is 0 Å². The van der Waals surface area contributed by atoms with Gasteiger partial charge in [0.2, 0.25) is 5.75 Å². The van der Waals surface area contributed by atoms with Crippen molar-refractivity contribution in [3.8, 4) is 40.1 Å². The summed E-state index contributed by atoms with van der Waals surface area (Å²) in [6.07, 6.45) is -0.173. The molecule has 1 unspecified atom stereocenters. The SMILES string of the molecule is COc1ccc(C2CC(=O)Oc3c(O)c(O)c4c(=O)cc(-c5ccccc5)oc4c32)cc1OCC(N)=O. The van der Waals surface area contributed by atoms with Gasteiger partial charge in [-0.1, -0.05) is 36.4 Å². The topological polar surface area (TPSA) is 159 Å². The number of carbonyl (C=O) groups is 2. The lowest BCUT2D eigenvalue weighted by atomic mass is 9.84. The van der Waals surface area contributed by atoms with Crippen molar-refractivity contribution in [3.63, 3.8) is 0 Å². The smallest absolute Gasteiger partial charge is 0.312 e. The number of ether oxygens (including phenoxy) is 3. The summed E-state index contributed by atoms with van der Waals surface area (Å²) >= 11 is 0. The molecule has 1 atom stereocenters. The average molecular weight is 503 g/mol. The number of carbonyl (C=O) groups excluding carboxylic acids is 2. The van der Waals surface area contributed by atoms with E-state index in [-0.39, 0.29) is 40.2 Å². The van der Waals surface area contributed by atoms with E-state index in [1.165, 1.54) is 13.2 Å². The summed E-state index contributed by atoms with van der Waals surface area (Å²) in [5.41, 5.74) is 5.90. The first-order valence-corrected chi connectivity index (χ1v) is 11.2. The van der Waals surface area contributed by atoms with Crippen LogP contribution < -0.4 is 25.4 Å². The molecule has 4 N–H and O–H groups in total. The van der Waals surface area contributed by atoms with Crippen LogP contribution in [0.1, 0.15) is 23.5 Å². The quantitative estimate of drug-likeness (QED) is 0.204. The second kappa shape index (κ2) is 9.23. The Hall–Kier alpha value is -4.99. The molecule has 3 aromatic carbocycles. The van der Waals surface area contributed by atoms with Gasteiger partial charge in [0.05, 0.1) is 19.1 Å². The van der Waals surface area contributed by atoms with Gasteiger partial charge in [-0.3, -0.25) is 14.4 Å². The zero-order chi connectivity index (χ0) is 26.3. The third kappa shape index (κ3) is 4.18. The number of primary amides is 1. The summed E-state index contributed by atoms with van der Waals surface area (Å²) in [7, 11) is 1.42. The third-order valence-corrected chi connectivity index (χ3v) is 6.07. The standard InChI is InChI=1S/C27H21NO9/c1-34-17-8-7-14(9-19(17)35-12-20(28)30)15-10-21(31)37-27-22(15)26-23(24(32)25(27)33)16(29)11-18(36-26)13-5-3-2-4-6-13/h2-9,11,15,32-33H,10,12H2,1H3,(H2,28,30). The van der Waals surface area contributed by atoms with Gasteiger partial charge in [0.15, 0.2) is 35.0 Å². The molecular weight excluding hydrogens is 482 g/mol. The molecule has 1 aromatic heterocycles. The second-order valence-electron chi connectivity index (χ2n) is 8.38. The lowest BCUT2D eigenvalue weighted by Gasteiger charge is -2.27. The minimum atomic E-state index is -0.777. The van der Waals surface area contributed by atoms with Gasteiger partial charge in [-0.05, 0) is 17.7 Å². The van der Waals surface area contributed by atoms with Gasteiger partial charge in [0.25, 0.3) is 5.91 Å². The van der Waals surface area contributed by atoms with E-state index >= 15 is 0 Å². The predicted octanol–water partition coefficient (Wildman–Crippen LogP) is 3.18. The fraction of sp³-hybridized carbons (Fsp3) is 0.148. The molecule has 1 aliphatic heterocycles. The van der Waals surface area contributed by atoms with Gasteiger partial charge < -0.3 is 34.6 Å². The van der Waals surface area contributed by atoms with Crippen LogP contribution in [0.5, 0.6) is 28.7 Å². The monoisotopic (exact) mass is 503 g/mol. The van der Waals surface area contributed by atoms with Gasteiger partial charge in [0, 0.05) is 17.5 Å². The van der Waals surface area contributed by atoms with E-state index in [0.29, 0.717) is 16.9 Å². The zero-order valence-corrected chi connectivity index (χ0v) is 19.5. The van der Waals surface area contributed by atoms with E-state index in [1.807, 2.05) is 6.07 Å². The van der Waals surface area contributed by atoms with Crippen LogP contribution in [0.4, 0.5) is 0 Å². The Morgan fingerprint density at radius 1 is 1.05 bits per heavy atom. The minimum Gasteiger partial charge on any atom is -0.504 e. The number of rotatable bonds is 6. The first kappa shape index (κ1) is 23.7. The van der Waals surface area contributed by atoms with Gasteiger partial charge in [-0.2, -0.15) is 0 Å². The highest BCUT2D eigenvalue weighted by atomic mass is 16.5. The maximum Gasteiger partial charge on any atom is 0.312 e. The van der Waals surface area contributed by atoms with Crippen molar-refractivity contribution in [2.45, 2.75) is 12.3 Å². The summed E-state index contributed by atoms with van der Waals surface area (Å²) in [6.45, 7) is -0.407. The summed E-state index contributed by atoms with van der Waals surface area (Å²) in [5, 5.41) is 21.1. The van der Waals surface area contributed by atoms with Crippen molar-refractivity contribution in [1.82, 2.24) is 0 Å². The Labute approximate surface area is 209 Å². The van der Waals surface area contributed by atoms with Gasteiger partial charge in [-0.25, -0.2) is 0 Å². The van der Waals surface area contributed by atoms with Gasteiger partial charge in [0.1, 0.15) is 16.7 Å². The first-order valence-electron chi connectivity index (χ1n) is 11.2. The highest BCUT2D eigenvalue weighted by Gasteiger charge is 2.37. The molecule has 0 bridgehead atoms. The number of methoxy groups -OCH3 is 1. The molecule has 1 aliphatic rings. The van der Waals surface area contributed by atoms with Gasteiger partial charge >= 0.3 is 5.97 Å². The first-order chi connectivity index (χ1) is 17.8. The van der Waals surface area contributed by atoms with E-state index < -0.39 is 41.3 Å². The lowest BCUT2D eigenvalue weighted by molar-refractivity contribution is -0.135. The van der Waals surface area contributed by atoms with Gasteiger partial charge in [-0.15, -0.1) is 0 Å². The molecule has 5 rings (SSSR count). The van der Waals surface area contributed by atoms with Crippen molar-refractivity contribution in [1.29, 1.82) is 0 Å². The molecular formula is C27H21NO9. The fourth-order valence-corrected chi connectivity index (χ4v) is 4.41. The van der Waals surface area contributed by atoms with Crippen molar-refractivity contribution in [2.24, 2.45) is 5.73 Å². The Morgan fingerprint density at radius 3 is 2.51 bits per heavy atom. The molecule has 0 fully saturated rings. The Kier molecular flexibility index (Phi) is 5.92. The molecule has 0 saturated carbocycles. The van der Waals surface area contributed by atoms with Crippen LogP contribution >= 0.6 is 0 Å². The van der Waals surface area contributed by atoms with Crippen molar-refractivity contribution < 1.29 is 38.4 Å². The number of amides is 1. The van der Waals surface area contributed by atoms with E-state index in [4.69, 9.17) is 24.4 Å². The van der Waals surface area contributed by atoms with Crippen LogP contribution in [0.15, 0.2) is 63.8 Å². The zero-order valence-electron chi connectivity index (χ0n) is 19.5. The number of hydrogen-bond donors (Lipinski definition) is 3. The summed E-state index contributed by atoms with van der Waals surface area (Å²) < 4.78 is 22.2. The Bertz CT molecular complexity index is 1610. The minimum absolute atomic E-state index is 0.0374. The average Bonchev–Trinajstić information content (AvgIpc) is 2.90. The molecule has 4 aromatic rings. The maximum absolute atomic E-state index is 13.1. The molecule has 10 heteroatoms. The molecule has 0 saturated heterocycles. The largest absolute Gasteiger partial charge is 0.504 e. The molecule has 188 valence electrons. The normalized spacial score (nSPS) is 14.6. The molecule has 10 nitrogen and oxygen atoms in total. The Balaban J connectivity index is 1.77. The Morgan fingerprint density at radius 2 is 1.81 bits per heavy atom. The number of phenols is 2. The predicted molar refractivity (Wildman–Crippen MR) is 131 cm³/mol. The third-order valence-electron chi connectivity index (χ3n) is 6.07. The number of phenolic OH excluding ortho intramolecular Hbond substituents is 2. The number of esters is 1. The molecule has 1 amide bonds. The number of benzene rings is 3. The van der Waals surface area contributed by atoms with E-state index in [1.54, 1.807) is 42.5 Å². The number of aromatic hydroxyl groups is 2. The molecule has 0 aliphatic carbocycles. The second-order valence-corrected chi connectivity index (χ2v) is 8.38. The summed E-state index contributed by atoms with van der Waals surface area (Å²) in [5.74, 6) is -3.23. The molecule has 0 radical (unpaired) electrons. The van der Waals surface area contributed by atoms with E-state index in [0.717, 1.165) is 0 Å². The van der Waals surface area contributed by atoms with E-state index in [2.05, 4.69) is 0 Å².